The molecule has 1 aliphatic heterocycles. The summed E-state index contributed by atoms with van der Waals surface area (Å²) in [7, 11) is 1.32. The van der Waals surface area contributed by atoms with Crippen LogP contribution >= 0.6 is 11.6 Å². The number of nitrogens with two attached hydrogens (primary N) is 3. The molecule has 0 aliphatic carbocycles. The van der Waals surface area contributed by atoms with Crippen LogP contribution in [0.5, 0.6) is 5.75 Å². The van der Waals surface area contributed by atoms with E-state index in [1.54, 1.807) is 36.4 Å². The number of allylic oxidation sites excluding steroid dienone is 1. The number of phenols is 1. The number of esters is 1. The molecule has 1 saturated heterocycles. The molecule has 31 heavy (non-hydrogen) atoms. The highest BCUT2D eigenvalue weighted by molar-refractivity contribution is 6.33. The van der Waals surface area contributed by atoms with Gasteiger partial charge in [-0.25, -0.2) is 4.79 Å². The van der Waals surface area contributed by atoms with E-state index in [0.717, 1.165) is 24.9 Å². The summed E-state index contributed by atoms with van der Waals surface area (Å²) in [5.74, 6) is -0.0547. The Hall–Kier alpha value is -3.32. The second-order valence-electron chi connectivity index (χ2n) is 7.47. The van der Waals surface area contributed by atoms with Crippen molar-refractivity contribution in [2.45, 2.75) is 18.8 Å². The number of likely N-dealkylation sites (tertiary alicyclic amines) is 1. The van der Waals surface area contributed by atoms with Crippen molar-refractivity contribution in [3.05, 3.63) is 81.8 Å². The number of piperidine rings is 1. The van der Waals surface area contributed by atoms with Crippen molar-refractivity contribution in [2.24, 2.45) is 17.2 Å². The zero-order valence-corrected chi connectivity index (χ0v) is 18.1. The molecule has 1 aliphatic rings. The predicted molar refractivity (Wildman–Crippen MR) is 122 cm³/mol. The molecule has 164 valence electrons. The van der Waals surface area contributed by atoms with E-state index in [1.165, 1.54) is 7.11 Å². The van der Waals surface area contributed by atoms with Crippen LogP contribution in [-0.2, 0) is 4.74 Å². The van der Waals surface area contributed by atoms with Crippen LogP contribution in [0.2, 0.25) is 5.02 Å². The molecule has 0 spiro atoms. The van der Waals surface area contributed by atoms with Gasteiger partial charge in [0.15, 0.2) is 0 Å². The number of para-hydroxylation sites is 1. The summed E-state index contributed by atoms with van der Waals surface area (Å²) in [4.78, 5) is 13.9. The van der Waals surface area contributed by atoms with E-state index in [0.29, 0.717) is 34.1 Å². The molecule has 0 saturated carbocycles. The maximum absolute atomic E-state index is 11.8. The molecule has 0 aromatic heterocycles. The summed E-state index contributed by atoms with van der Waals surface area (Å²) in [6.45, 7) is 1.42. The highest BCUT2D eigenvalue weighted by atomic mass is 35.5. The van der Waals surface area contributed by atoms with Gasteiger partial charge < -0.3 is 31.9 Å². The Morgan fingerprint density at radius 1 is 1.19 bits per heavy atom. The van der Waals surface area contributed by atoms with Crippen LogP contribution in [0.3, 0.4) is 0 Å². The maximum Gasteiger partial charge on any atom is 0.339 e. The molecule has 7 N–H and O–H groups in total. The number of methoxy groups -OCH3 is 1. The lowest BCUT2D eigenvalue weighted by Gasteiger charge is -2.36. The van der Waals surface area contributed by atoms with Crippen LogP contribution in [0.4, 0.5) is 0 Å². The minimum absolute atomic E-state index is 0.0862. The SMILES string of the molecule is COC(=O)c1ccc(C2CCCN(C(/C=C(\N)c3ccccc3O)=C(N)N)C2)cc1Cl. The minimum atomic E-state index is -0.465. The Balaban J connectivity index is 1.85. The second kappa shape index (κ2) is 9.66. The number of aromatic hydroxyl groups is 1. The number of nitrogens with zero attached hydrogens (tertiary/aromatic N) is 1. The molecule has 1 unspecified atom stereocenters. The van der Waals surface area contributed by atoms with E-state index in [2.05, 4.69) is 4.90 Å². The highest BCUT2D eigenvalue weighted by Crippen LogP contribution is 2.32. The number of hydrogen-bond acceptors (Lipinski definition) is 7. The number of halogens is 1. The summed E-state index contributed by atoms with van der Waals surface area (Å²) in [5.41, 5.74) is 21.1. The second-order valence-corrected chi connectivity index (χ2v) is 7.88. The van der Waals surface area contributed by atoms with E-state index in [1.807, 2.05) is 12.1 Å². The van der Waals surface area contributed by atoms with E-state index in [9.17, 15) is 9.90 Å². The molecule has 3 rings (SSSR count). The number of carbonyl (C=O) groups excluding carboxylic acids is 1. The van der Waals surface area contributed by atoms with Gasteiger partial charge in [0.05, 0.1) is 23.4 Å². The van der Waals surface area contributed by atoms with Gasteiger partial charge in [0.25, 0.3) is 0 Å². The van der Waals surface area contributed by atoms with Gasteiger partial charge >= 0.3 is 5.97 Å². The third-order valence-corrected chi connectivity index (χ3v) is 5.75. The molecular weight excluding hydrogens is 416 g/mol. The monoisotopic (exact) mass is 442 g/mol. The molecule has 2 aromatic rings. The van der Waals surface area contributed by atoms with Crippen LogP contribution in [0, 0.1) is 0 Å². The van der Waals surface area contributed by atoms with Gasteiger partial charge in [-0.05, 0) is 48.7 Å². The topological polar surface area (TPSA) is 128 Å². The van der Waals surface area contributed by atoms with Crippen molar-refractivity contribution in [3.8, 4) is 5.75 Å². The number of hydrogen-bond donors (Lipinski definition) is 4. The van der Waals surface area contributed by atoms with E-state index in [-0.39, 0.29) is 17.5 Å². The van der Waals surface area contributed by atoms with Gasteiger partial charge in [-0.3, -0.25) is 0 Å². The van der Waals surface area contributed by atoms with Gasteiger partial charge in [-0.1, -0.05) is 29.8 Å². The largest absolute Gasteiger partial charge is 0.507 e. The highest BCUT2D eigenvalue weighted by Gasteiger charge is 2.25. The average molecular weight is 443 g/mol. The Morgan fingerprint density at radius 2 is 1.94 bits per heavy atom. The number of carbonyl (C=O) groups is 1. The van der Waals surface area contributed by atoms with Gasteiger partial charge in [0.1, 0.15) is 11.6 Å². The number of phenolic OH excluding ortho intramolecular Hbond substituents is 1. The zero-order chi connectivity index (χ0) is 22.5. The fourth-order valence-electron chi connectivity index (χ4n) is 3.83. The first-order valence-electron chi connectivity index (χ1n) is 9.95. The quantitative estimate of drug-likeness (QED) is 0.413. The van der Waals surface area contributed by atoms with Gasteiger partial charge in [0.2, 0.25) is 0 Å². The van der Waals surface area contributed by atoms with Crippen LogP contribution in [-0.4, -0.2) is 36.2 Å². The summed E-state index contributed by atoms with van der Waals surface area (Å²) >= 11 is 6.31. The van der Waals surface area contributed by atoms with Crippen molar-refractivity contribution in [1.29, 1.82) is 0 Å². The third kappa shape index (κ3) is 5.06. The van der Waals surface area contributed by atoms with Gasteiger partial charge in [0, 0.05) is 30.3 Å². The van der Waals surface area contributed by atoms with E-state index >= 15 is 0 Å². The minimum Gasteiger partial charge on any atom is -0.507 e. The summed E-state index contributed by atoms with van der Waals surface area (Å²) in [6, 6.07) is 12.2. The normalized spacial score (nSPS) is 16.6. The Kier molecular flexibility index (Phi) is 6.97. The third-order valence-electron chi connectivity index (χ3n) is 5.43. The lowest BCUT2D eigenvalue weighted by atomic mass is 9.89. The van der Waals surface area contributed by atoms with Crippen molar-refractivity contribution < 1.29 is 14.6 Å². The molecule has 0 radical (unpaired) electrons. The Labute approximate surface area is 186 Å². The Morgan fingerprint density at radius 3 is 2.58 bits per heavy atom. The number of rotatable bonds is 5. The average Bonchev–Trinajstić information content (AvgIpc) is 2.77. The van der Waals surface area contributed by atoms with E-state index < -0.39 is 5.97 Å². The Bertz CT molecular complexity index is 1030. The fraction of sp³-hybridized carbons (Fsp3) is 0.261. The molecular formula is C23H27ClN4O3. The van der Waals surface area contributed by atoms with Crippen LogP contribution in [0.1, 0.15) is 40.2 Å². The summed E-state index contributed by atoms with van der Waals surface area (Å²) < 4.78 is 4.76. The molecule has 1 atom stereocenters. The summed E-state index contributed by atoms with van der Waals surface area (Å²) in [5, 5.41) is 10.4. The first-order chi connectivity index (χ1) is 14.8. The smallest absolute Gasteiger partial charge is 0.339 e. The summed E-state index contributed by atoms with van der Waals surface area (Å²) in [6.07, 6.45) is 3.57. The maximum atomic E-state index is 11.8. The van der Waals surface area contributed by atoms with Crippen molar-refractivity contribution in [2.75, 3.05) is 20.2 Å². The van der Waals surface area contributed by atoms with Gasteiger partial charge in [-0.15, -0.1) is 0 Å². The lowest BCUT2D eigenvalue weighted by molar-refractivity contribution is 0.0601. The predicted octanol–water partition coefficient (Wildman–Crippen LogP) is 3.10. The molecule has 1 fully saturated rings. The number of ether oxygens (including phenoxy) is 1. The number of benzene rings is 2. The molecule has 1 heterocycles. The molecule has 0 bridgehead atoms. The first kappa shape index (κ1) is 22.4. The molecule has 0 amide bonds. The van der Waals surface area contributed by atoms with Gasteiger partial charge in [-0.2, -0.15) is 0 Å². The van der Waals surface area contributed by atoms with Crippen molar-refractivity contribution >= 4 is 23.3 Å². The fourth-order valence-corrected chi connectivity index (χ4v) is 4.09. The van der Waals surface area contributed by atoms with Crippen LogP contribution in [0.15, 0.2) is 60.1 Å². The molecule has 7 nitrogen and oxygen atoms in total. The molecule has 8 heteroatoms. The van der Waals surface area contributed by atoms with Crippen molar-refractivity contribution in [1.82, 2.24) is 4.90 Å². The first-order valence-corrected chi connectivity index (χ1v) is 10.3. The van der Waals surface area contributed by atoms with Crippen molar-refractivity contribution in [3.63, 3.8) is 0 Å². The standard InChI is InChI=1S/C23H27ClN4O3/c1-31-23(30)16-9-8-14(11-18(16)24)15-5-4-10-28(13-15)20(22(26)27)12-19(25)17-6-2-3-7-21(17)29/h2-3,6-9,11-12,15,29H,4-5,10,13,25-27H2,1H3/b19-12-. The van der Waals surface area contributed by atoms with Crippen LogP contribution in [0.25, 0.3) is 5.70 Å². The zero-order valence-electron chi connectivity index (χ0n) is 17.3. The lowest BCUT2D eigenvalue weighted by Crippen LogP contribution is -2.36. The van der Waals surface area contributed by atoms with E-state index in [4.69, 9.17) is 33.5 Å². The molecule has 2 aromatic carbocycles. The van der Waals surface area contributed by atoms with Crippen LogP contribution < -0.4 is 17.2 Å².